The lowest BCUT2D eigenvalue weighted by Crippen LogP contribution is -2.44. The van der Waals surface area contributed by atoms with Crippen LogP contribution < -0.4 is 20.7 Å². The molecule has 2 aromatic rings. The van der Waals surface area contributed by atoms with Crippen molar-refractivity contribution >= 4 is 41.1 Å². The van der Waals surface area contributed by atoms with Crippen molar-refractivity contribution in [2.45, 2.75) is 53.0 Å². The molecule has 0 unspecified atom stereocenters. The minimum atomic E-state index is -1.18. The molecule has 0 heterocycles. The molecule has 0 spiro atoms. The second-order valence-electron chi connectivity index (χ2n) is 9.66. The Morgan fingerprint density at radius 3 is 2.23 bits per heavy atom. The minimum Gasteiger partial charge on any atom is -0.504 e. The first-order valence-electron chi connectivity index (χ1n) is 13.0. The van der Waals surface area contributed by atoms with E-state index in [-0.39, 0.29) is 40.7 Å². The van der Waals surface area contributed by atoms with Gasteiger partial charge in [-0.3, -0.25) is 14.4 Å². The van der Waals surface area contributed by atoms with E-state index < -0.39 is 30.4 Å². The van der Waals surface area contributed by atoms with Gasteiger partial charge in [0.15, 0.2) is 18.1 Å². The van der Waals surface area contributed by atoms with Gasteiger partial charge in [-0.2, -0.15) is 0 Å². The molecule has 0 saturated carbocycles. The van der Waals surface area contributed by atoms with Crippen molar-refractivity contribution < 1.29 is 39.2 Å². The van der Waals surface area contributed by atoms with E-state index >= 15 is 0 Å². The van der Waals surface area contributed by atoms with Crippen molar-refractivity contribution in [2.24, 2.45) is 11.8 Å². The highest BCUT2D eigenvalue weighted by atomic mass is 16.5. The molecule has 11 nitrogen and oxygen atoms in total. The maximum Gasteiger partial charge on any atom is 0.341 e. The third kappa shape index (κ3) is 9.97. The number of phenolic OH excluding ortho intramolecular Hbond substituents is 2. The zero-order chi connectivity index (χ0) is 29.8. The van der Waals surface area contributed by atoms with Crippen LogP contribution in [-0.4, -0.2) is 51.7 Å². The summed E-state index contributed by atoms with van der Waals surface area (Å²) in [6, 6.07) is 7.64. The molecule has 0 bridgehead atoms. The number of hydrogen-bond acceptors (Lipinski definition) is 7. The molecule has 6 N–H and O–H groups in total. The van der Waals surface area contributed by atoms with Crippen LogP contribution in [0.3, 0.4) is 0 Å². The van der Waals surface area contributed by atoms with Crippen molar-refractivity contribution in [3.8, 4) is 17.2 Å². The maximum atomic E-state index is 13.2. The minimum absolute atomic E-state index is 0.0655. The summed E-state index contributed by atoms with van der Waals surface area (Å²) in [6.45, 7) is 6.97. The van der Waals surface area contributed by atoms with Gasteiger partial charge < -0.3 is 36.0 Å². The van der Waals surface area contributed by atoms with Crippen molar-refractivity contribution in [3.63, 3.8) is 0 Å². The number of hydrogen-bond donors (Lipinski definition) is 6. The first-order valence-corrected chi connectivity index (χ1v) is 13.0. The van der Waals surface area contributed by atoms with Crippen molar-refractivity contribution in [1.82, 2.24) is 5.32 Å². The van der Waals surface area contributed by atoms with Crippen LogP contribution in [0.2, 0.25) is 0 Å². The Kier molecular flexibility index (Phi) is 12.0. The molecular weight excluding hydrogens is 518 g/mol. The van der Waals surface area contributed by atoms with E-state index in [1.54, 1.807) is 0 Å². The largest absolute Gasteiger partial charge is 0.504 e. The van der Waals surface area contributed by atoms with E-state index in [1.807, 2.05) is 27.7 Å². The number of carbonyl (C=O) groups is 4. The van der Waals surface area contributed by atoms with E-state index in [2.05, 4.69) is 16.0 Å². The molecule has 1 atom stereocenters. The number of carboxylic acids is 1. The number of ether oxygens (including phenoxy) is 1. The van der Waals surface area contributed by atoms with Crippen LogP contribution in [0.25, 0.3) is 6.08 Å². The summed E-state index contributed by atoms with van der Waals surface area (Å²) < 4.78 is 5.32. The van der Waals surface area contributed by atoms with Gasteiger partial charge in [0.25, 0.3) is 0 Å². The number of carbonyl (C=O) groups excluding carboxylic acids is 3. The summed E-state index contributed by atoms with van der Waals surface area (Å²) in [4.78, 5) is 49.4. The smallest absolute Gasteiger partial charge is 0.341 e. The summed E-state index contributed by atoms with van der Waals surface area (Å²) in [7, 11) is 0. The van der Waals surface area contributed by atoms with Crippen LogP contribution in [0, 0.1) is 11.8 Å². The van der Waals surface area contributed by atoms with Crippen LogP contribution in [0.15, 0.2) is 42.5 Å². The van der Waals surface area contributed by atoms with E-state index in [9.17, 15) is 29.4 Å². The summed E-state index contributed by atoms with van der Waals surface area (Å²) in [5, 5.41) is 36.2. The fourth-order valence-electron chi connectivity index (χ4n) is 3.83. The number of rotatable bonds is 14. The predicted octanol–water partition coefficient (Wildman–Crippen LogP) is 4.12. The maximum absolute atomic E-state index is 13.2. The fourth-order valence-corrected chi connectivity index (χ4v) is 3.83. The Labute approximate surface area is 233 Å². The number of phenols is 2. The molecule has 3 amide bonds. The highest BCUT2D eigenvalue weighted by molar-refractivity contribution is 6.01. The molecule has 2 aromatic carbocycles. The molecule has 0 fully saturated rings. The lowest BCUT2D eigenvalue weighted by Gasteiger charge is -2.20. The molecule has 11 heteroatoms. The van der Waals surface area contributed by atoms with E-state index in [1.165, 1.54) is 48.6 Å². The highest BCUT2D eigenvalue weighted by Crippen LogP contribution is 2.30. The Morgan fingerprint density at radius 1 is 0.925 bits per heavy atom. The Morgan fingerprint density at radius 2 is 1.62 bits per heavy atom. The molecule has 0 aliphatic carbocycles. The van der Waals surface area contributed by atoms with Gasteiger partial charge in [0.1, 0.15) is 11.8 Å². The van der Waals surface area contributed by atoms with Crippen LogP contribution in [0.1, 0.15) is 52.5 Å². The molecule has 0 aliphatic rings. The third-order valence-electron chi connectivity index (χ3n) is 5.98. The predicted molar refractivity (Wildman–Crippen MR) is 151 cm³/mol. The van der Waals surface area contributed by atoms with Gasteiger partial charge >= 0.3 is 5.97 Å². The van der Waals surface area contributed by atoms with E-state index in [0.29, 0.717) is 30.5 Å². The lowest BCUT2D eigenvalue weighted by molar-refractivity contribution is -0.139. The number of carboxylic acid groups (broad SMARTS) is 1. The van der Waals surface area contributed by atoms with Gasteiger partial charge in [-0.1, -0.05) is 33.8 Å². The van der Waals surface area contributed by atoms with Crippen LogP contribution in [0.5, 0.6) is 17.2 Å². The molecule has 0 saturated heterocycles. The topological polar surface area (TPSA) is 174 Å². The number of benzene rings is 2. The average molecular weight is 556 g/mol. The number of nitrogens with one attached hydrogen (secondary N) is 3. The average Bonchev–Trinajstić information content (AvgIpc) is 2.89. The van der Waals surface area contributed by atoms with E-state index in [4.69, 9.17) is 9.84 Å². The van der Waals surface area contributed by atoms with Crippen molar-refractivity contribution in [1.29, 1.82) is 0 Å². The standard InChI is InChI=1S/C29H37N3O8/c1-5-19(6-2)28(38)32-21-15-20(9-11-25(21)40-16-27(36)37)30-29(39)22(13-17(3)4)31-26(35)12-8-18-7-10-23(33)24(34)14-18/h7-12,14-15,17,19,22,33-34H,5-6,13,16H2,1-4H3,(H,30,39)(H,31,35)(H,32,38)(H,36,37)/b12-8+/t22-/m1/s1. The zero-order valence-electron chi connectivity index (χ0n) is 23.1. The van der Waals surface area contributed by atoms with E-state index in [0.717, 1.165) is 0 Å². The molecule has 2 rings (SSSR count). The quantitative estimate of drug-likeness (QED) is 0.149. The first kappa shape index (κ1) is 31.7. The third-order valence-corrected chi connectivity index (χ3v) is 5.98. The van der Waals surface area contributed by atoms with Gasteiger partial charge in [0.05, 0.1) is 5.69 Å². The molecule has 0 radical (unpaired) electrons. The van der Waals surface area contributed by atoms with Gasteiger partial charge in [0, 0.05) is 17.7 Å². The van der Waals surface area contributed by atoms with Crippen LogP contribution in [0.4, 0.5) is 11.4 Å². The SMILES string of the molecule is CCC(CC)C(=O)Nc1cc(NC(=O)[C@@H](CC(C)C)NC(=O)/C=C/c2ccc(O)c(O)c2)ccc1OCC(=O)O. The second-order valence-corrected chi connectivity index (χ2v) is 9.66. The van der Waals surface area contributed by atoms with Crippen LogP contribution in [-0.2, 0) is 19.2 Å². The molecule has 0 aliphatic heterocycles. The summed E-state index contributed by atoms with van der Waals surface area (Å²) in [5.41, 5.74) is 0.995. The Bertz CT molecular complexity index is 1240. The highest BCUT2D eigenvalue weighted by Gasteiger charge is 2.23. The molecule has 0 aromatic heterocycles. The number of aromatic hydroxyl groups is 2. The van der Waals surface area contributed by atoms with Crippen LogP contribution >= 0.6 is 0 Å². The number of amides is 3. The van der Waals surface area contributed by atoms with Gasteiger partial charge in [-0.25, -0.2) is 4.79 Å². The monoisotopic (exact) mass is 555 g/mol. The summed E-state index contributed by atoms with van der Waals surface area (Å²) in [5.74, 6) is -3.13. The summed E-state index contributed by atoms with van der Waals surface area (Å²) >= 11 is 0. The normalized spacial score (nSPS) is 11.8. The summed E-state index contributed by atoms with van der Waals surface area (Å²) in [6.07, 6.45) is 4.21. The van der Waals surface area contributed by atoms with Gasteiger partial charge in [-0.15, -0.1) is 0 Å². The molecular formula is C29H37N3O8. The zero-order valence-corrected chi connectivity index (χ0v) is 23.1. The van der Waals surface area contributed by atoms with Gasteiger partial charge in [-0.05, 0) is 67.2 Å². The number of anilines is 2. The van der Waals surface area contributed by atoms with Gasteiger partial charge in [0.2, 0.25) is 17.7 Å². The number of aliphatic carboxylic acids is 1. The fraction of sp³-hybridized carbons (Fsp3) is 0.379. The van der Waals surface area contributed by atoms with Crippen molar-refractivity contribution in [2.75, 3.05) is 17.2 Å². The first-order chi connectivity index (χ1) is 18.9. The Balaban J connectivity index is 2.21. The molecule has 216 valence electrons. The Hall–Kier alpha value is -4.54. The second kappa shape index (κ2) is 15.2. The molecule has 40 heavy (non-hydrogen) atoms. The van der Waals surface area contributed by atoms with Crippen molar-refractivity contribution in [3.05, 3.63) is 48.0 Å². The lowest BCUT2D eigenvalue weighted by atomic mass is 10.0.